The molecular weight excluding hydrogens is 1200 g/mol. The Hall–Kier alpha value is -10.5. The Kier molecular flexibility index (Phi) is 26.3. The van der Waals surface area contributed by atoms with E-state index in [1.807, 2.05) is 68.6 Å². The highest BCUT2D eigenvalue weighted by molar-refractivity contribution is 6.09. The minimum atomic E-state index is -1.33. The van der Waals surface area contributed by atoms with Crippen molar-refractivity contribution < 1.29 is 52.9 Å². The molecule has 4 aromatic carbocycles. The number of carbonyl (C=O) groups is 6. The molecule has 26 heteroatoms. The molecule has 0 saturated carbocycles. The molecule has 26 nitrogen and oxygen atoms in total. The van der Waals surface area contributed by atoms with Crippen molar-refractivity contribution in [2.45, 2.75) is 92.3 Å². The molecule has 2 aromatic heterocycles. The van der Waals surface area contributed by atoms with Gasteiger partial charge >= 0.3 is 18.0 Å². The first-order chi connectivity index (χ1) is 45.3. The van der Waals surface area contributed by atoms with Gasteiger partial charge in [0.25, 0.3) is 11.5 Å². The molecule has 0 fully saturated rings. The number of carbonyl (C=O) groups excluding carboxylic acids is 4. The fraction of sp³-hybridized carbons (Fsp3) is 0.368. The number of nitrogens with two attached hydrogens (primary N) is 2. The van der Waals surface area contributed by atoms with Crippen LogP contribution in [-0.4, -0.2) is 150 Å². The average Bonchev–Trinajstić information content (AvgIpc) is 0.747. The number of aromatic nitrogens is 4. The number of Topliss-reactive ketones (excluding diaryl/α,β-unsaturated/α-hetero) is 1. The van der Waals surface area contributed by atoms with Crippen molar-refractivity contribution >= 4 is 80.7 Å². The number of aliphatic carboxylic acids is 1. The second-order valence-corrected chi connectivity index (χ2v) is 22.0. The molecule has 8 rings (SSSR count). The van der Waals surface area contributed by atoms with Crippen LogP contribution >= 0.6 is 0 Å². The average molecular weight is 1290 g/mol. The van der Waals surface area contributed by atoms with Crippen LogP contribution in [0.15, 0.2) is 112 Å². The number of methoxy groups -OCH3 is 1. The first-order valence-electron chi connectivity index (χ1n) is 31.4. The van der Waals surface area contributed by atoms with E-state index in [0.29, 0.717) is 66.4 Å². The summed E-state index contributed by atoms with van der Waals surface area (Å²) in [6, 6.07) is 26.7. The fourth-order valence-electron chi connectivity index (χ4n) is 10.6. The molecule has 0 saturated heterocycles. The number of likely N-dealkylation sites (N-methyl/N-ethyl adjacent to an activating group) is 1. The lowest BCUT2D eigenvalue weighted by Crippen LogP contribution is -2.41. The van der Waals surface area contributed by atoms with Crippen LogP contribution in [0.3, 0.4) is 0 Å². The summed E-state index contributed by atoms with van der Waals surface area (Å²) >= 11 is 0. The van der Waals surface area contributed by atoms with E-state index in [2.05, 4.69) is 88.6 Å². The van der Waals surface area contributed by atoms with Crippen LogP contribution in [-0.2, 0) is 27.5 Å². The van der Waals surface area contributed by atoms with Gasteiger partial charge in [-0.2, -0.15) is 4.98 Å². The number of anilines is 4. The number of urea groups is 1. The summed E-state index contributed by atoms with van der Waals surface area (Å²) < 4.78 is 19.9. The molecule has 12 N–H and O–H groups in total. The maximum atomic E-state index is 13.0. The molecule has 2 aliphatic rings. The number of H-pyrrole nitrogens is 1. The normalized spacial score (nSPS) is 11.3. The number of nitrogens with zero attached hydrogens (tertiary/aromatic N) is 6. The Bertz CT molecular complexity index is 4050. The van der Waals surface area contributed by atoms with E-state index in [1.165, 1.54) is 24.4 Å². The third-order valence-electron chi connectivity index (χ3n) is 15.5. The molecule has 4 amide bonds. The fourth-order valence-corrected chi connectivity index (χ4v) is 10.6. The number of fused-ring (bicyclic) bond motifs is 3. The van der Waals surface area contributed by atoms with Gasteiger partial charge in [0.1, 0.15) is 47.8 Å². The Morgan fingerprint density at radius 3 is 2.26 bits per heavy atom. The number of aromatic amines is 1. The molecule has 6 aromatic rings. The van der Waals surface area contributed by atoms with E-state index in [9.17, 15) is 43.8 Å². The maximum Gasteiger partial charge on any atom is 0.336 e. The molecular formula is C68H85N14O12+. The molecule has 0 bridgehead atoms. The van der Waals surface area contributed by atoms with Gasteiger partial charge < -0.3 is 72.0 Å². The lowest BCUT2D eigenvalue weighted by Gasteiger charge is -2.22. The zero-order chi connectivity index (χ0) is 67.8. The summed E-state index contributed by atoms with van der Waals surface area (Å²) in [6.07, 6.45) is 2.63. The highest BCUT2D eigenvalue weighted by Gasteiger charge is 2.25. The minimum absolute atomic E-state index is 0.0273. The quantitative estimate of drug-likeness (QED) is 0.0112. The minimum Gasteiger partial charge on any atom is -0.496 e. The number of nitrogen functional groups attached to an aromatic ring is 1. The number of hydrogen-bond acceptors (Lipinski definition) is 18. The van der Waals surface area contributed by atoms with E-state index >= 15 is 0 Å². The van der Waals surface area contributed by atoms with Crippen LogP contribution in [0.1, 0.15) is 105 Å². The number of rotatable bonds is 32. The molecule has 94 heavy (non-hydrogen) atoms. The predicted molar refractivity (Wildman–Crippen MR) is 362 cm³/mol. The van der Waals surface area contributed by atoms with Crippen LogP contribution < -0.4 is 67.9 Å². The molecule has 0 unspecified atom stereocenters. The standard InChI is InChI=1S/C51H55N11O9.C17H29N3O3/c1-5-61(6-2)33-16-20-37-41(25-33)71-42-26-34(62(7-3)8-4)17-21-38(42)43(37)36-19-15-31(24-39(36)48(66)67)57-51(70)53-23-9-10-35(63)18-22-40(49(68)69)58-46(64)29-11-13-30(14-12-29)54-27-32-28-55-45-44(56-32)47(65)60-50(52)59-45;1-4-19-17(21)6-5-11-23-15-8-7-14(16(12-15)22-3)13-20(2)10-9-18/h11-17,19-21,24-26,28,40H,5-10,18,22-23,27H2,1-4H3,(H8,52,53,54,55,58,59,60,64,65,66,67,68,69,70);7-8,12H,4-6,9-11,13,18H2,1-3H3,(H,19,21)/p+1/t40-;/m0./s1. The Morgan fingerprint density at radius 1 is 0.819 bits per heavy atom. The summed E-state index contributed by atoms with van der Waals surface area (Å²) in [5.41, 5.74) is 16.8. The van der Waals surface area contributed by atoms with E-state index in [4.69, 9.17) is 25.4 Å². The van der Waals surface area contributed by atoms with Gasteiger partial charge in [0, 0.05) is 128 Å². The van der Waals surface area contributed by atoms with Gasteiger partial charge in [0.15, 0.2) is 11.2 Å². The van der Waals surface area contributed by atoms with Gasteiger partial charge in [0.05, 0.1) is 43.8 Å². The first-order valence-corrected chi connectivity index (χ1v) is 31.4. The molecule has 0 radical (unpaired) electrons. The van der Waals surface area contributed by atoms with Crippen molar-refractivity contribution in [3.63, 3.8) is 0 Å². The Balaban J connectivity index is 0.000000459. The molecule has 1 atom stereocenters. The number of benzene rings is 5. The van der Waals surface area contributed by atoms with Gasteiger partial charge in [-0.05, 0) is 127 Å². The maximum absolute atomic E-state index is 13.0. The van der Waals surface area contributed by atoms with Gasteiger partial charge in [-0.1, -0.05) is 12.1 Å². The highest BCUT2D eigenvalue weighted by atomic mass is 16.5. The Labute approximate surface area is 544 Å². The first kappa shape index (κ1) is 71.0. The topological polar surface area (TPSA) is 368 Å². The number of ketones is 1. The second kappa shape index (κ2) is 34.8. The van der Waals surface area contributed by atoms with Crippen molar-refractivity contribution in [1.82, 2.24) is 45.4 Å². The van der Waals surface area contributed by atoms with E-state index in [0.717, 1.165) is 78.3 Å². The third-order valence-corrected chi connectivity index (χ3v) is 15.5. The van der Waals surface area contributed by atoms with Crippen molar-refractivity contribution in [1.29, 1.82) is 0 Å². The van der Waals surface area contributed by atoms with Crippen molar-refractivity contribution in [2.24, 2.45) is 5.73 Å². The number of hydrogen-bond donors (Lipinski definition) is 10. The van der Waals surface area contributed by atoms with E-state index < -0.39 is 35.5 Å². The summed E-state index contributed by atoms with van der Waals surface area (Å²) in [5.74, 6) is -1.24. The van der Waals surface area contributed by atoms with Gasteiger partial charge in [-0.25, -0.2) is 28.9 Å². The summed E-state index contributed by atoms with van der Waals surface area (Å²) in [6.45, 7) is 17.1. The van der Waals surface area contributed by atoms with Crippen LogP contribution in [0.4, 0.5) is 27.8 Å². The molecule has 1 aliphatic heterocycles. The third kappa shape index (κ3) is 19.5. The van der Waals surface area contributed by atoms with Crippen molar-refractivity contribution in [3.8, 4) is 33.9 Å². The number of nitrogens with one attached hydrogen (secondary N) is 6. The van der Waals surface area contributed by atoms with Gasteiger partial charge in [-0.3, -0.25) is 24.2 Å². The lowest BCUT2D eigenvalue weighted by atomic mass is 9.90. The smallest absolute Gasteiger partial charge is 0.336 e. The number of carboxylic acid groups (broad SMARTS) is 2. The highest BCUT2D eigenvalue weighted by Crippen LogP contribution is 2.43. The summed E-state index contributed by atoms with van der Waals surface area (Å²) in [7, 11) is 3.68. The number of aromatic carboxylic acids is 1. The van der Waals surface area contributed by atoms with E-state index in [-0.39, 0.29) is 84.4 Å². The lowest BCUT2D eigenvalue weighted by molar-refractivity contribution is -0.139. The monoisotopic (exact) mass is 1290 g/mol. The van der Waals surface area contributed by atoms with Crippen molar-refractivity contribution in [2.75, 3.05) is 94.4 Å². The van der Waals surface area contributed by atoms with Crippen LogP contribution in [0, 0.1) is 0 Å². The zero-order valence-corrected chi connectivity index (χ0v) is 54.2. The van der Waals surface area contributed by atoms with Crippen LogP contribution in [0.25, 0.3) is 44.6 Å². The molecule has 0 spiro atoms. The zero-order valence-electron chi connectivity index (χ0n) is 54.2. The number of amides is 4. The van der Waals surface area contributed by atoms with Crippen LogP contribution in [0.5, 0.6) is 11.5 Å². The van der Waals surface area contributed by atoms with Crippen LogP contribution in [0.2, 0.25) is 0 Å². The van der Waals surface area contributed by atoms with Crippen molar-refractivity contribution in [3.05, 3.63) is 141 Å². The Morgan fingerprint density at radius 2 is 1.56 bits per heavy atom. The molecule has 1 aliphatic carbocycles. The summed E-state index contributed by atoms with van der Waals surface area (Å²) in [5, 5.41) is 35.8. The van der Waals surface area contributed by atoms with E-state index in [1.54, 1.807) is 31.4 Å². The SMILES string of the molecule is CCN(CC)c1ccc2c(-c3ccc(NC(=O)NCCCC(=O)CC[C@H](NC(=O)c4ccc(NCc5cnc6nc(N)[nH]c(=O)c6n5)cc4)C(=O)O)cc3C(=O)O)c3ccc(=[N+](CC)CC)cc-3oc2c1.CCNC(=O)CCCOc1ccc(CN(C)CCN)c(OC)c1. The predicted octanol–water partition coefficient (Wildman–Crippen LogP) is 7.30. The number of carboxylic acids is 2. The van der Waals surface area contributed by atoms with Gasteiger partial charge in [0.2, 0.25) is 17.2 Å². The molecule has 3 heterocycles. The van der Waals surface area contributed by atoms with Gasteiger partial charge in [-0.15, -0.1) is 0 Å². The second-order valence-electron chi connectivity index (χ2n) is 22.0. The molecule has 498 valence electrons. The number of ether oxygens (including phenoxy) is 2. The summed E-state index contributed by atoms with van der Waals surface area (Å²) in [4.78, 5) is 106. The largest absolute Gasteiger partial charge is 0.496 e.